The highest BCUT2D eigenvalue weighted by molar-refractivity contribution is 5.25. The minimum Gasteiger partial charge on any atom is -0.338 e. The molecule has 0 saturated heterocycles. The van der Waals surface area contributed by atoms with E-state index < -0.39 is 0 Å². The summed E-state index contributed by atoms with van der Waals surface area (Å²) < 4.78 is 4.19. The molecule has 0 aliphatic heterocycles. The van der Waals surface area contributed by atoms with Gasteiger partial charge in [0.05, 0.1) is 5.69 Å². The predicted octanol–water partition coefficient (Wildman–Crippen LogP) is 2.02. The zero-order chi connectivity index (χ0) is 15.4. The molecule has 116 valence electrons. The van der Waals surface area contributed by atoms with Gasteiger partial charge in [0.2, 0.25) is 0 Å². The van der Waals surface area contributed by atoms with Crippen LogP contribution in [0, 0.1) is 13.8 Å². The highest BCUT2D eigenvalue weighted by Crippen LogP contribution is 2.14. The van der Waals surface area contributed by atoms with Crippen LogP contribution in [0.15, 0.2) is 12.4 Å². The molecule has 1 N–H and O–H groups in total. The number of rotatable bonds is 7. The predicted molar refractivity (Wildman–Crippen MR) is 85.5 cm³/mol. The molecule has 2 rings (SSSR count). The van der Waals surface area contributed by atoms with Gasteiger partial charge in [0.15, 0.2) is 0 Å². The summed E-state index contributed by atoms with van der Waals surface area (Å²) in [6.45, 7) is 10.5. The van der Waals surface area contributed by atoms with Gasteiger partial charge < -0.3 is 9.88 Å². The second-order valence-electron chi connectivity index (χ2n) is 5.94. The summed E-state index contributed by atoms with van der Waals surface area (Å²) in [4.78, 5) is 4.37. The van der Waals surface area contributed by atoms with Gasteiger partial charge in [0.25, 0.3) is 0 Å². The molecule has 2 aromatic rings. The maximum absolute atomic E-state index is 4.69. The Balaban J connectivity index is 1.99. The fourth-order valence-corrected chi connectivity index (χ4v) is 2.64. The third kappa shape index (κ3) is 3.94. The Labute approximate surface area is 127 Å². The molecule has 2 aromatic heterocycles. The van der Waals surface area contributed by atoms with Crippen molar-refractivity contribution in [1.82, 2.24) is 24.6 Å². The zero-order valence-corrected chi connectivity index (χ0v) is 13.8. The lowest BCUT2D eigenvalue weighted by Crippen LogP contribution is -2.25. The summed E-state index contributed by atoms with van der Waals surface area (Å²) in [6, 6.07) is 0.532. The van der Waals surface area contributed by atoms with Crippen LogP contribution >= 0.6 is 0 Å². The van der Waals surface area contributed by atoms with Crippen LogP contribution in [-0.4, -0.2) is 31.9 Å². The van der Waals surface area contributed by atoms with E-state index in [4.69, 9.17) is 0 Å². The molecule has 0 aliphatic rings. The molecule has 5 nitrogen and oxygen atoms in total. The number of hydrogen-bond acceptors (Lipinski definition) is 3. The Kier molecular flexibility index (Phi) is 5.17. The fourth-order valence-electron chi connectivity index (χ4n) is 2.64. The van der Waals surface area contributed by atoms with Gasteiger partial charge in [-0.2, -0.15) is 5.10 Å². The smallest absolute Gasteiger partial charge is 0.110 e. The van der Waals surface area contributed by atoms with Crippen molar-refractivity contribution in [3.8, 4) is 0 Å². The average Bonchev–Trinajstić information content (AvgIpc) is 2.94. The standard InChI is InChI=1S/C16H27N5/c1-12(2)17-8-6-15-13(3)19-21(14(15)4)10-7-16-18-9-11-20(16)5/h9,11-12,17H,6-8,10H2,1-5H3. The van der Waals surface area contributed by atoms with E-state index in [1.54, 1.807) is 0 Å². The maximum Gasteiger partial charge on any atom is 0.110 e. The zero-order valence-electron chi connectivity index (χ0n) is 13.8. The molecular formula is C16H27N5. The van der Waals surface area contributed by atoms with Gasteiger partial charge in [-0.3, -0.25) is 4.68 Å². The third-order valence-corrected chi connectivity index (χ3v) is 3.93. The first kappa shape index (κ1) is 15.8. The molecule has 2 heterocycles. The summed E-state index contributed by atoms with van der Waals surface area (Å²) in [6.07, 6.45) is 5.78. The Morgan fingerprint density at radius 3 is 2.62 bits per heavy atom. The van der Waals surface area contributed by atoms with Crippen LogP contribution in [0.3, 0.4) is 0 Å². The first-order valence-electron chi connectivity index (χ1n) is 7.71. The molecule has 0 unspecified atom stereocenters. The molecule has 0 amide bonds. The van der Waals surface area contributed by atoms with Crippen molar-refractivity contribution in [3.05, 3.63) is 35.2 Å². The van der Waals surface area contributed by atoms with Crippen LogP contribution in [0.1, 0.15) is 36.6 Å². The minimum atomic E-state index is 0.532. The van der Waals surface area contributed by atoms with Crippen molar-refractivity contribution < 1.29 is 0 Å². The van der Waals surface area contributed by atoms with Crippen LogP contribution in [-0.2, 0) is 26.4 Å². The van der Waals surface area contributed by atoms with Crippen molar-refractivity contribution in [2.75, 3.05) is 6.54 Å². The molecule has 0 radical (unpaired) electrons. The first-order chi connectivity index (χ1) is 9.99. The molecule has 0 bridgehead atoms. The monoisotopic (exact) mass is 289 g/mol. The van der Waals surface area contributed by atoms with Crippen LogP contribution in [0.5, 0.6) is 0 Å². The Morgan fingerprint density at radius 1 is 1.24 bits per heavy atom. The van der Waals surface area contributed by atoms with Gasteiger partial charge in [-0.05, 0) is 32.4 Å². The number of hydrogen-bond donors (Lipinski definition) is 1. The molecule has 0 aliphatic carbocycles. The van der Waals surface area contributed by atoms with E-state index in [0.717, 1.165) is 37.4 Å². The second-order valence-corrected chi connectivity index (χ2v) is 5.94. The quantitative estimate of drug-likeness (QED) is 0.848. The van der Waals surface area contributed by atoms with Crippen molar-refractivity contribution in [1.29, 1.82) is 0 Å². The number of aromatic nitrogens is 4. The van der Waals surface area contributed by atoms with Crippen LogP contribution < -0.4 is 5.32 Å². The molecule has 0 spiro atoms. The van der Waals surface area contributed by atoms with Gasteiger partial charge in [0.1, 0.15) is 5.82 Å². The lowest BCUT2D eigenvalue weighted by atomic mass is 10.1. The first-order valence-corrected chi connectivity index (χ1v) is 7.71. The third-order valence-electron chi connectivity index (χ3n) is 3.93. The van der Waals surface area contributed by atoms with Gasteiger partial charge in [0, 0.05) is 44.1 Å². The van der Waals surface area contributed by atoms with Crippen LogP contribution in [0.2, 0.25) is 0 Å². The highest BCUT2D eigenvalue weighted by Gasteiger charge is 2.12. The Morgan fingerprint density at radius 2 is 2.00 bits per heavy atom. The highest BCUT2D eigenvalue weighted by atomic mass is 15.3. The van der Waals surface area contributed by atoms with Crippen molar-refractivity contribution in [2.45, 2.75) is 53.1 Å². The van der Waals surface area contributed by atoms with E-state index in [1.165, 1.54) is 11.3 Å². The van der Waals surface area contributed by atoms with Crippen LogP contribution in [0.25, 0.3) is 0 Å². The lowest BCUT2D eigenvalue weighted by molar-refractivity contribution is 0.570. The summed E-state index contributed by atoms with van der Waals surface area (Å²) >= 11 is 0. The Hall–Kier alpha value is -1.62. The fraction of sp³-hybridized carbons (Fsp3) is 0.625. The van der Waals surface area contributed by atoms with Crippen LogP contribution in [0.4, 0.5) is 0 Å². The van der Waals surface area contributed by atoms with E-state index in [2.05, 4.69) is 52.3 Å². The molecule has 0 aromatic carbocycles. The lowest BCUT2D eigenvalue weighted by Gasteiger charge is -2.08. The van der Waals surface area contributed by atoms with E-state index in [-0.39, 0.29) is 0 Å². The van der Waals surface area contributed by atoms with Gasteiger partial charge in [-0.1, -0.05) is 13.8 Å². The van der Waals surface area contributed by atoms with Crippen molar-refractivity contribution >= 4 is 0 Å². The van der Waals surface area contributed by atoms with E-state index in [9.17, 15) is 0 Å². The molecule has 0 saturated carbocycles. The number of nitrogens with one attached hydrogen (secondary N) is 1. The summed E-state index contributed by atoms with van der Waals surface area (Å²) in [5.41, 5.74) is 3.81. The number of imidazole rings is 1. The summed E-state index contributed by atoms with van der Waals surface area (Å²) in [5, 5.41) is 8.16. The summed E-state index contributed by atoms with van der Waals surface area (Å²) in [5.74, 6) is 1.10. The normalized spacial score (nSPS) is 11.5. The van der Waals surface area contributed by atoms with Crippen molar-refractivity contribution in [2.24, 2.45) is 7.05 Å². The van der Waals surface area contributed by atoms with Gasteiger partial charge in [-0.15, -0.1) is 0 Å². The molecular weight excluding hydrogens is 262 g/mol. The van der Waals surface area contributed by atoms with E-state index in [0.29, 0.717) is 6.04 Å². The van der Waals surface area contributed by atoms with Gasteiger partial charge >= 0.3 is 0 Å². The van der Waals surface area contributed by atoms with Gasteiger partial charge in [-0.25, -0.2) is 4.98 Å². The topological polar surface area (TPSA) is 47.7 Å². The molecule has 0 fully saturated rings. The second kappa shape index (κ2) is 6.89. The number of nitrogens with zero attached hydrogens (tertiary/aromatic N) is 4. The maximum atomic E-state index is 4.69. The molecule has 0 atom stereocenters. The minimum absolute atomic E-state index is 0.532. The molecule has 21 heavy (non-hydrogen) atoms. The number of aryl methyl sites for hydroxylation is 4. The average molecular weight is 289 g/mol. The van der Waals surface area contributed by atoms with E-state index >= 15 is 0 Å². The van der Waals surface area contributed by atoms with E-state index in [1.807, 2.05) is 19.4 Å². The van der Waals surface area contributed by atoms with Crippen molar-refractivity contribution in [3.63, 3.8) is 0 Å². The summed E-state index contributed by atoms with van der Waals surface area (Å²) in [7, 11) is 2.03. The molecule has 5 heteroatoms. The Bertz CT molecular complexity index is 580. The SMILES string of the molecule is Cc1nn(CCc2nccn2C)c(C)c1CCNC(C)C. The largest absolute Gasteiger partial charge is 0.338 e.